The Morgan fingerprint density at radius 2 is 1.34 bits per heavy atom. The molecule has 212 valence electrons. The topological polar surface area (TPSA) is 18.5 Å². The molecule has 4 fully saturated rings. The van der Waals surface area contributed by atoms with Gasteiger partial charge in [-0.2, -0.15) is 4.39 Å². The number of benzene rings is 1. The van der Waals surface area contributed by atoms with Crippen molar-refractivity contribution in [3.8, 4) is 5.75 Å². The standard InChI is InChI=1S/C34H50F2O2/c1-3-21-37-32-20-18-30(33(35)34(32)36)27-13-15-28(16-14-27)31-19-17-29(22-38-31)26-11-9-25(10-12-26)24-7-5-23(4-2)6-8-24/h4,18,20,23-29,31H,2-3,5-17,19,21-22H2,1H3. The number of halogens is 2. The lowest BCUT2D eigenvalue weighted by atomic mass is 9.66. The van der Waals surface area contributed by atoms with Crippen molar-refractivity contribution < 1.29 is 18.3 Å². The van der Waals surface area contributed by atoms with Gasteiger partial charge in [0.15, 0.2) is 11.6 Å². The highest BCUT2D eigenvalue weighted by atomic mass is 19.2. The Balaban J connectivity index is 1.04. The molecule has 0 amide bonds. The molecule has 1 heterocycles. The van der Waals surface area contributed by atoms with Gasteiger partial charge < -0.3 is 9.47 Å². The van der Waals surface area contributed by atoms with Crippen molar-refractivity contribution in [3.63, 3.8) is 0 Å². The zero-order chi connectivity index (χ0) is 26.5. The van der Waals surface area contributed by atoms with Gasteiger partial charge in [-0.1, -0.05) is 19.1 Å². The van der Waals surface area contributed by atoms with Gasteiger partial charge >= 0.3 is 0 Å². The quantitative estimate of drug-likeness (QED) is 0.313. The third-order valence-electron chi connectivity index (χ3n) is 10.9. The number of hydrogen-bond acceptors (Lipinski definition) is 2. The second-order valence-corrected chi connectivity index (χ2v) is 13.0. The lowest BCUT2D eigenvalue weighted by Crippen LogP contribution is -2.37. The molecular formula is C34H50F2O2. The fraction of sp³-hybridized carbons (Fsp3) is 0.765. The van der Waals surface area contributed by atoms with E-state index >= 15 is 0 Å². The van der Waals surface area contributed by atoms with E-state index in [0.717, 1.165) is 68.3 Å². The van der Waals surface area contributed by atoms with Gasteiger partial charge in [0.1, 0.15) is 0 Å². The fourth-order valence-corrected chi connectivity index (χ4v) is 8.46. The minimum Gasteiger partial charge on any atom is -0.490 e. The van der Waals surface area contributed by atoms with Crippen molar-refractivity contribution in [2.75, 3.05) is 13.2 Å². The maximum absolute atomic E-state index is 14.8. The average Bonchev–Trinajstić information content (AvgIpc) is 2.98. The molecule has 1 aromatic rings. The summed E-state index contributed by atoms with van der Waals surface area (Å²) in [7, 11) is 0. The molecule has 1 aromatic carbocycles. The van der Waals surface area contributed by atoms with Gasteiger partial charge in [0.2, 0.25) is 5.82 Å². The average molecular weight is 529 g/mol. The van der Waals surface area contributed by atoms with Crippen LogP contribution in [0, 0.1) is 47.1 Å². The molecule has 2 atom stereocenters. The van der Waals surface area contributed by atoms with E-state index in [1.807, 2.05) is 6.92 Å². The van der Waals surface area contributed by atoms with E-state index in [9.17, 15) is 8.78 Å². The van der Waals surface area contributed by atoms with Crippen LogP contribution in [0.5, 0.6) is 5.75 Å². The first-order valence-corrected chi connectivity index (χ1v) is 15.9. The Kier molecular flexibility index (Phi) is 9.84. The highest BCUT2D eigenvalue weighted by Gasteiger charge is 2.37. The zero-order valence-corrected chi connectivity index (χ0v) is 23.7. The van der Waals surface area contributed by atoms with Crippen molar-refractivity contribution in [1.82, 2.24) is 0 Å². The minimum absolute atomic E-state index is 0.0380. The molecule has 3 aliphatic carbocycles. The zero-order valence-electron chi connectivity index (χ0n) is 23.7. The Hall–Kier alpha value is -1.42. The number of ether oxygens (including phenoxy) is 2. The van der Waals surface area contributed by atoms with Gasteiger partial charge in [-0.05, 0) is 149 Å². The molecule has 3 saturated carbocycles. The largest absolute Gasteiger partial charge is 0.490 e. The van der Waals surface area contributed by atoms with Gasteiger partial charge in [-0.15, -0.1) is 6.58 Å². The molecule has 4 heteroatoms. The van der Waals surface area contributed by atoms with Crippen LogP contribution < -0.4 is 4.74 Å². The first-order chi connectivity index (χ1) is 18.6. The van der Waals surface area contributed by atoms with Crippen LogP contribution in [-0.4, -0.2) is 19.3 Å². The molecule has 38 heavy (non-hydrogen) atoms. The van der Waals surface area contributed by atoms with Crippen molar-refractivity contribution in [2.24, 2.45) is 35.5 Å². The maximum Gasteiger partial charge on any atom is 0.200 e. The van der Waals surface area contributed by atoms with Crippen LogP contribution in [0.4, 0.5) is 8.78 Å². The molecule has 5 rings (SSSR count). The lowest BCUT2D eigenvalue weighted by molar-refractivity contribution is -0.0733. The molecule has 1 saturated heterocycles. The monoisotopic (exact) mass is 528 g/mol. The Bertz CT molecular complexity index is 884. The van der Waals surface area contributed by atoms with Crippen LogP contribution in [0.25, 0.3) is 0 Å². The molecule has 4 aliphatic rings. The summed E-state index contributed by atoms with van der Waals surface area (Å²) in [5.41, 5.74) is 0.527. The summed E-state index contributed by atoms with van der Waals surface area (Å²) in [6, 6.07) is 3.36. The van der Waals surface area contributed by atoms with E-state index in [-0.39, 0.29) is 11.7 Å². The highest BCUT2D eigenvalue weighted by molar-refractivity contribution is 5.33. The van der Waals surface area contributed by atoms with E-state index in [2.05, 4.69) is 12.7 Å². The molecule has 0 N–H and O–H groups in total. The Morgan fingerprint density at radius 1 is 0.763 bits per heavy atom. The van der Waals surface area contributed by atoms with Crippen LogP contribution in [-0.2, 0) is 4.74 Å². The summed E-state index contributed by atoms with van der Waals surface area (Å²) in [6.45, 7) is 7.30. The van der Waals surface area contributed by atoms with Crippen molar-refractivity contribution >= 4 is 0 Å². The second kappa shape index (κ2) is 13.3. The first kappa shape index (κ1) is 28.1. The van der Waals surface area contributed by atoms with E-state index in [4.69, 9.17) is 9.47 Å². The molecule has 0 aromatic heterocycles. The Morgan fingerprint density at radius 3 is 1.92 bits per heavy atom. The third kappa shape index (κ3) is 6.48. The van der Waals surface area contributed by atoms with Crippen molar-refractivity contribution in [2.45, 2.75) is 115 Å². The van der Waals surface area contributed by atoms with E-state index < -0.39 is 11.6 Å². The second-order valence-electron chi connectivity index (χ2n) is 13.0. The molecule has 2 unspecified atom stereocenters. The molecule has 0 bridgehead atoms. The maximum atomic E-state index is 14.8. The number of allylic oxidation sites excluding steroid dienone is 1. The number of hydrogen-bond donors (Lipinski definition) is 0. The number of rotatable bonds is 8. The van der Waals surface area contributed by atoms with Gasteiger partial charge in [0, 0.05) is 0 Å². The van der Waals surface area contributed by atoms with Crippen molar-refractivity contribution in [3.05, 3.63) is 42.0 Å². The molecule has 1 aliphatic heterocycles. The third-order valence-corrected chi connectivity index (χ3v) is 10.9. The fourth-order valence-electron chi connectivity index (χ4n) is 8.46. The summed E-state index contributed by atoms with van der Waals surface area (Å²) in [5, 5.41) is 0. The van der Waals surface area contributed by atoms with Crippen molar-refractivity contribution in [1.29, 1.82) is 0 Å². The summed E-state index contributed by atoms with van der Waals surface area (Å²) in [6.07, 6.45) is 21.0. The van der Waals surface area contributed by atoms with Crippen LogP contribution in [0.15, 0.2) is 24.8 Å². The van der Waals surface area contributed by atoms with Gasteiger partial charge in [0.25, 0.3) is 0 Å². The van der Waals surface area contributed by atoms with Gasteiger partial charge in [-0.3, -0.25) is 0 Å². The smallest absolute Gasteiger partial charge is 0.200 e. The molecule has 2 nitrogen and oxygen atoms in total. The molecular weight excluding hydrogens is 478 g/mol. The van der Waals surface area contributed by atoms with Crippen LogP contribution in [0.3, 0.4) is 0 Å². The summed E-state index contributed by atoms with van der Waals surface area (Å²) in [5.74, 6) is 3.46. The Labute approximate surface area is 229 Å². The van der Waals surface area contributed by atoms with Gasteiger partial charge in [0.05, 0.1) is 19.3 Å². The van der Waals surface area contributed by atoms with E-state index in [1.165, 1.54) is 64.2 Å². The van der Waals surface area contributed by atoms with E-state index in [0.29, 0.717) is 24.2 Å². The summed E-state index contributed by atoms with van der Waals surface area (Å²) < 4.78 is 41.2. The SMILES string of the molecule is C=CC1CCC(C2CCC(C3CCC(C4CCC(c5ccc(OCCC)c(F)c5F)CC4)OC3)CC2)CC1. The summed E-state index contributed by atoms with van der Waals surface area (Å²) >= 11 is 0. The lowest BCUT2D eigenvalue weighted by Gasteiger charge is -2.43. The summed E-state index contributed by atoms with van der Waals surface area (Å²) in [4.78, 5) is 0. The van der Waals surface area contributed by atoms with Crippen LogP contribution in [0.1, 0.15) is 115 Å². The first-order valence-electron chi connectivity index (χ1n) is 15.9. The normalized spacial score (nSPS) is 36.5. The highest BCUT2D eigenvalue weighted by Crippen LogP contribution is 2.46. The van der Waals surface area contributed by atoms with Crippen LogP contribution in [0.2, 0.25) is 0 Å². The van der Waals surface area contributed by atoms with Gasteiger partial charge in [-0.25, -0.2) is 4.39 Å². The predicted octanol–water partition coefficient (Wildman–Crippen LogP) is 9.62. The van der Waals surface area contributed by atoms with E-state index in [1.54, 1.807) is 12.1 Å². The predicted molar refractivity (Wildman–Crippen MR) is 150 cm³/mol. The molecule has 0 spiro atoms. The minimum atomic E-state index is -0.825. The molecule has 0 radical (unpaired) electrons. The van der Waals surface area contributed by atoms with Crippen LogP contribution >= 0.6 is 0 Å².